The average Bonchev–Trinajstić information content (AvgIpc) is 2.49. The number of ether oxygens (including phenoxy) is 1. The Morgan fingerprint density at radius 1 is 1.19 bits per heavy atom. The lowest BCUT2D eigenvalue weighted by Crippen LogP contribution is -2.40. The van der Waals surface area contributed by atoms with Gasteiger partial charge in [0.25, 0.3) is 0 Å². The summed E-state index contributed by atoms with van der Waals surface area (Å²) in [5, 5.41) is 5.86. The van der Waals surface area contributed by atoms with Crippen LogP contribution in [0.4, 0.5) is 15.8 Å². The minimum Gasteiger partial charge on any atom is -0.494 e. The normalized spacial score (nSPS) is 16.7. The van der Waals surface area contributed by atoms with Crippen LogP contribution in [0.25, 0.3) is 0 Å². The maximum Gasteiger partial charge on any atom is 0.247 e. The summed E-state index contributed by atoms with van der Waals surface area (Å²) in [4.78, 5) is 12.1. The molecule has 0 radical (unpaired) electrons. The molecule has 5 heteroatoms. The molecule has 2 aromatic rings. The molecule has 2 aromatic carbocycles. The van der Waals surface area contributed by atoms with Crippen molar-refractivity contribution in [3.8, 4) is 5.75 Å². The molecule has 1 aliphatic heterocycles. The summed E-state index contributed by atoms with van der Waals surface area (Å²) < 4.78 is 18.6. The molecule has 21 heavy (non-hydrogen) atoms. The van der Waals surface area contributed by atoms with Crippen molar-refractivity contribution in [1.82, 2.24) is 0 Å². The molecule has 0 saturated carbocycles. The fourth-order valence-corrected chi connectivity index (χ4v) is 2.40. The van der Waals surface area contributed by atoms with Crippen molar-refractivity contribution in [1.29, 1.82) is 0 Å². The van der Waals surface area contributed by atoms with Crippen molar-refractivity contribution in [3.63, 3.8) is 0 Å². The minimum atomic E-state index is -0.500. The number of benzene rings is 2. The van der Waals surface area contributed by atoms with Gasteiger partial charge < -0.3 is 15.4 Å². The van der Waals surface area contributed by atoms with Gasteiger partial charge in [0, 0.05) is 18.6 Å². The van der Waals surface area contributed by atoms with E-state index in [2.05, 4.69) is 10.6 Å². The summed E-state index contributed by atoms with van der Waals surface area (Å²) in [5.41, 5.74) is 2.15. The van der Waals surface area contributed by atoms with Crippen molar-refractivity contribution in [2.45, 2.75) is 12.5 Å². The molecule has 1 aliphatic rings. The lowest BCUT2D eigenvalue weighted by Gasteiger charge is -2.27. The first-order valence-electron chi connectivity index (χ1n) is 6.66. The molecule has 0 aromatic heterocycles. The Morgan fingerprint density at radius 3 is 2.67 bits per heavy atom. The van der Waals surface area contributed by atoms with Crippen molar-refractivity contribution >= 4 is 17.3 Å². The summed E-state index contributed by atoms with van der Waals surface area (Å²) in [7, 11) is 1.41. The number of methoxy groups -OCH3 is 1. The third kappa shape index (κ3) is 2.67. The van der Waals surface area contributed by atoms with Crippen LogP contribution in [0.1, 0.15) is 5.56 Å². The Balaban J connectivity index is 1.86. The standard InChI is InChI=1S/C16H15FN2O2/c1-21-15-9-13-12(8-11(15)17)19-16(20)14(18-13)7-10-5-3-2-4-6-10/h2-6,8-9,14,18H,7H2,1H3,(H,19,20). The summed E-state index contributed by atoms with van der Waals surface area (Å²) in [5.74, 6) is -0.522. The van der Waals surface area contributed by atoms with E-state index in [0.29, 0.717) is 17.8 Å². The van der Waals surface area contributed by atoms with E-state index in [1.54, 1.807) is 6.07 Å². The van der Waals surface area contributed by atoms with E-state index in [1.165, 1.54) is 13.2 Å². The number of hydrogen-bond acceptors (Lipinski definition) is 3. The van der Waals surface area contributed by atoms with Crippen LogP contribution in [0.3, 0.4) is 0 Å². The Kier molecular flexibility index (Phi) is 3.48. The zero-order chi connectivity index (χ0) is 14.8. The first-order chi connectivity index (χ1) is 10.2. The van der Waals surface area contributed by atoms with Crippen LogP contribution in [0.15, 0.2) is 42.5 Å². The largest absolute Gasteiger partial charge is 0.494 e. The molecule has 1 heterocycles. The predicted octanol–water partition coefficient (Wildman–Crippen LogP) is 2.81. The second kappa shape index (κ2) is 5.44. The highest BCUT2D eigenvalue weighted by Crippen LogP contribution is 2.33. The maximum absolute atomic E-state index is 13.6. The predicted molar refractivity (Wildman–Crippen MR) is 79.1 cm³/mol. The second-order valence-corrected chi connectivity index (χ2v) is 4.91. The van der Waals surface area contributed by atoms with Crippen LogP contribution in [-0.4, -0.2) is 19.1 Å². The quantitative estimate of drug-likeness (QED) is 0.912. The van der Waals surface area contributed by atoms with E-state index in [4.69, 9.17) is 4.74 Å². The van der Waals surface area contributed by atoms with Gasteiger partial charge in [0.2, 0.25) is 5.91 Å². The number of fused-ring (bicyclic) bond motifs is 1. The van der Waals surface area contributed by atoms with Gasteiger partial charge in [0.15, 0.2) is 11.6 Å². The second-order valence-electron chi connectivity index (χ2n) is 4.91. The third-order valence-electron chi connectivity index (χ3n) is 3.48. The summed E-state index contributed by atoms with van der Waals surface area (Å²) in [6, 6.07) is 12.2. The molecule has 0 aliphatic carbocycles. The summed E-state index contributed by atoms with van der Waals surface area (Å²) in [6.45, 7) is 0. The average molecular weight is 286 g/mol. The summed E-state index contributed by atoms with van der Waals surface area (Å²) >= 11 is 0. The smallest absolute Gasteiger partial charge is 0.247 e. The van der Waals surface area contributed by atoms with E-state index in [9.17, 15) is 9.18 Å². The van der Waals surface area contributed by atoms with Crippen LogP contribution >= 0.6 is 0 Å². The topological polar surface area (TPSA) is 50.4 Å². The number of rotatable bonds is 3. The molecule has 1 amide bonds. The van der Waals surface area contributed by atoms with Crippen molar-refractivity contribution in [2.75, 3.05) is 17.7 Å². The highest BCUT2D eigenvalue weighted by Gasteiger charge is 2.26. The molecule has 1 unspecified atom stereocenters. The highest BCUT2D eigenvalue weighted by atomic mass is 19.1. The van der Waals surface area contributed by atoms with E-state index in [-0.39, 0.29) is 11.7 Å². The lowest BCUT2D eigenvalue weighted by molar-refractivity contribution is -0.117. The number of hydrogen-bond donors (Lipinski definition) is 2. The monoisotopic (exact) mass is 286 g/mol. The van der Waals surface area contributed by atoms with E-state index in [1.807, 2.05) is 30.3 Å². The van der Waals surface area contributed by atoms with Gasteiger partial charge in [0.1, 0.15) is 6.04 Å². The van der Waals surface area contributed by atoms with Crippen LogP contribution in [-0.2, 0) is 11.2 Å². The zero-order valence-electron chi connectivity index (χ0n) is 11.5. The maximum atomic E-state index is 13.6. The van der Waals surface area contributed by atoms with Gasteiger partial charge in [-0.25, -0.2) is 4.39 Å². The van der Waals surface area contributed by atoms with Gasteiger partial charge in [-0.2, -0.15) is 0 Å². The number of carbonyl (C=O) groups excluding carboxylic acids is 1. The van der Waals surface area contributed by atoms with E-state index >= 15 is 0 Å². The fraction of sp³-hybridized carbons (Fsp3) is 0.188. The molecule has 2 N–H and O–H groups in total. The van der Waals surface area contributed by atoms with Crippen LogP contribution in [0.2, 0.25) is 0 Å². The Bertz CT molecular complexity index is 673. The molecule has 1 atom stereocenters. The number of carbonyl (C=O) groups is 1. The van der Waals surface area contributed by atoms with Gasteiger partial charge >= 0.3 is 0 Å². The van der Waals surface area contributed by atoms with Gasteiger partial charge in [-0.1, -0.05) is 30.3 Å². The molecular weight excluding hydrogens is 271 g/mol. The Hall–Kier alpha value is -2.56. The first-order valence-corrected chi connectivity index (χ1v) is 6.66. The lowest BCUT2D eigenvalue weighted by atomic mass is 10.0. The van der Waals surface area contributed by atoms with Crippen molar-refractivity contribution in [3.05, 3.63) is 53.8 Å². The van der Waals surface area contributed by atoms with Gasteiger partial charge in [-0.15, -0.1) is 0 Å². The molecular formula is C16H15FN2O2. The molecule has 3 rings (SSSR count). The van der Waals surface area contributed by atoms with Crippen molar-refractivity contribution in [2.24, 2.45) is 0 Å². The van der Waals surface area contributed by atoms with Crippen LogP contribution < -0.4 is 15.4 Å². The van der Waals surface area contributed by atoms with Crippen molar-refractivity contribution < 1.29 is 13.9 Å². The van der Waals surface area contributed by atoms with E-state index in [0.717, 1.165) is 5.56 Å². The van der Waals surface area contributed by atoms with E-state index < -0.39 is 11.9 Å². The molecule has 0 saturated heterocycles. The van der Waals surface area contributed by atoms with Crippen LogP contribution in [0.5, 0.6) is 5.75 Å². The Labute approximate surface area is 121 Å². The van der Waals surface area contributed by atoms with Crippen LogP contribution in [0, 0.1) is 5.82 Å². The number of amides is 1. The molecule has 4 nitrogen and oxygen atoms in total. The summed E-state index contributed by atoms with van der Waals surface area (Å²) in [6.07, 6.45) is 0.561. The number of halogens is 1. The first kappa shape index (κ1) is 13.4. The molecule has 0 fully saturated rings. The molecule has 0 spiro atoms. The zero-order valence-corrected chi connectivity index (χ0v) is 11.5. The van der Waals surface area contributed by atoms with Gasteiger partial charge in [-0.05, 0) is 5.56 Å². The number of anilines is 2. The number of nitrogens with one attached hydrogen (secondary N) is 2. The molecule has 0 bridgehead atoms. The highest BCUT2D eigenvalue weighted by molar-refractivity contribution is 6.03. The SMILES string of the molecule is COc1cc2c(cc1F)NC(=O)C(Cc1ccccc1)N2. The Morgan fingerprint density at radius 2 is 1.95 bits per heavy atom. The minimum absolute atomic E-state index is 0.149. The molecule has 108 valence electrons. The van der Waals surface area contributed by atoms with Gasteiger partial charge in [0.05, 0.1) is 18.5 Å². The fourth-order valence-electron chi connectivity index (χ4n) is 2.40. The third-order valence-corrected chi connectivity index (χ3v) is 3.48. The van der Waals surface area contributed by atoms with Gasteiger partial charge in [-0.3, -0.25) is 4.79 Å².